The number of amides is 4. The van der Waals surface area contributed by atoms with E-state index in [0.717, 1.165) is 10.5 Å². The molecule has 33 heavy (non-hydrogen) atoms. The summed E-state index contributed by atoms with van der Waals surface area (Å²) in [6.07, 6.45) is 1.13. The third kappa shape index (κ3) is 4.84. The van der Waals surface area contributed by atoms with Gasteiger partial charge in [0.2, 0.25) is 5.91 Å². The average molecular weight is 451 g/mol. The number of nitrogens with two attached hydrogens (primary N) is 1. The molecule has 2 aromatic carbocycles. The van der Waals surface area contributed by atoms with Gasteiger partial charge in [-0.25, -0.2) is 4.79 Å². The van der Waals surface area contributed by atoms with Gasteiger partial charge in [-0.05, 0) is 23.6 Å². The summed E-state index contributed by atoms with van der Waals surface area (Å²) in [5, 5.41) is 15.4. The van der Waals surface area contributed by atoms with E-state index in [1.54, 1.807) is 61.5 Å². The van der Waals surface area contributed by atoms with Crippen LogP contribution in [0.2, 0.25) is 0 Å². The first-order chi connectivity index (χ1) is 15.7. The van der Waals surface area contributed by atoms with Gasteiger partial charge in [-0.1, -0.05) is 54.6 Å². The van der Waals surface area contributed by atoms with E-state index in [0.29, 0.717) is 11.1 Å². The van der Waals surface area contributed by atoms with Crippen LogP contribution in [0.5, 0.6) is 0 Å². The Hall–Kier alpha value is -4.21. The van der Waals surface area contributed by atoms with E-state index < -0.39 is 41.9 Å². The fourth-order valence-electron chi connectivity index (χ4n) is 3.76. The van der Waals surface area contributed by atoms with Gasteiger partial charge in [-0.2, -0.15) is 5.10 Å². The number of carboxylic acid groups (broad SMARTS) is 1. The molecule has 10 heteroatoms. The van der Waals surface area contributed by atoms with Gasteiger partial charge in [0.1, 0.15) is 12.1 Å². The molecule has 4 N–H and O–H groups in total. The summed E-state index contributed by atoms with van der Waals surface area (Å²) in [6, 6.07) is 14.0. The van der Waals surface area contributed by atoms with Gasteiger partial charge in [-0.15, -0.1) is 0 Å². The van der Waals surface area contributed by atoms with Crippen LogP contribution in [0.3, 0.4) is 0 Å². The maximum absolute atomic E-state index is 13.2. The Balaban J connectivity index is 1.79. The Morgan fingerprint density at radius 2 is 1.82 bits per heavy atom. The van der Waals surface area contributed by atoms with Gasteiger partial charge in [-0.3, -0.25) is 19.3 Å². The molecule has 0 aliphatic carbocycles. The molecule has 1 aliphatic rings. The number of carbonyl (C=O) groups excluding carboxylic acids is 3. The molecule has 1 aliphatic heterocycles. The van der Waals surface area contributed by atoms with Gasteiger partial charge in [0.25, 0.3) is 5.91 Å². The Morgan fingerprint density at radius 3 is 2.39 bits per heavy atom. The standard InChI is InChI=1S/C23H25N5O5/c1-23(17-10-8-15(9-11-17)13-25-24)21(32)28(22(33)26-23)14-19(29)27(2)18(12-20(30)31)16-6-4-3-5-7-16/h3-11,13,18H,12,14,24H2,1-2H3,(H,26,33)(H,30,31). The van der Waals surface area contributed by atoms with E-state index in [2.05, 4.69) is 10.4 Å². The number of hydrogen-bond donors (Lipinski definition) is 3. The number of benzene rings is 2. The monoisotopic (exact) mass is 451 g/mol. The molecule has 3 rings (SSSR count). The van der Waals surface area contributed by atoms with Crippen molar-refractivity contribution in [3.05, 3.63) is 71.3 Å². The second-order valence-corrected chi connectivity index (χ2v) is 7.88. The maximum Gasteiger partial charge on any atom is 0.325 e. The van der Waals surface area contributed by atoms with Crippen molar-refractivity contribution in [2.45, 2.75) is 24.9 Å². The number of nitrogens with zero attached hydrogens (tertiary/aromatic N) is 3. The van der Waals surface area contributed by atoms with Gasteiger partial charge in [0.15, 0.2) is 0 Å². The maximum atomic E-state index is 13.2. The van der Waals surface area contributed by atoms with E-state index in [1.807, 2.05) is 0 Å². The summed E-state index contributed by atoms with van der Waals surface area (Å²) in [6.45, 7) is 1.04. The Bertz CT molecular complexity index is 1090. The quantitative estimate of drug-likeness (QED) is 0.239. The summed E-state index contributed by atoms with van der Waals surface area (Å²) in [4.78, 5) is 52.2. The number of imide groups is 1. The van der Waals surface area contributed by atoms with Gasteiger partial charge >= 0.3 is 12.0 Å². The highest BCUT2D eigenvalue weighted by atomic mass is 16.4. The van der Waals surface area contributed by atoms with E-state index in [9.17, 15) is 24.3 Å². The highest BCUT2D eigenvalue weighted by molar-refractivity contribution is 6.09. The Kier molecular flexibility index (Phi) is 6.76. The average Bonchev–Trinajstić information content (AvgIpc) is 3.02. The Morgan fingerprint density at radius 1 is 1.18 bits per heavy atom. The molecule has 1 fully saturated rings. The van der Waals surface area contributed by atoms with Crippen molar-refractivity contribution in [2.24, 2.45) is 10.9 Å². The SMILES string of the molecule is CN(C(=O)CN1C(=O)NC(C)(c2ccc(C=NN)cc2)C1=O)C(CC(=O)O)c1ccccc1. The molecular weight excluding hydrogens is 426 g/mol. The molecule has 172 valence electrons. The first-order valence-electron chi connectivity index (χ1n) is 10.2. The van der Waals surface area contributed by atoms with Crippen LogP contribution in [-0.2, 0) is 19.9 Å². The minimum atomic E-state index is -1.35. The lowest BCUT2D eigenvalue weighted by Gasteiger charge is -2.29. The number of likely N-dealkylation sites (N-methyl/N-ethyl adjacent to an activating group) is 1. The molecular formula is C23H25N5O5. The summed E-state index contributed by atoms with van der Waals surface area (Å²) in [7, 11) is 1.46. The lowest BCUT2D eigenvalue weighted by Crippen LogP contribution is -2.44. The van der Waals surface area contributed by atoms with Crippen molar-refractivity contribution in [1.29, 1.82) is 0 Å². The molecule has 1 heterocycles. The highest BCUT2D eigenvalue weighted by Crippen LogP contribution is 2.30. The largest absolute Gasteiger partial charge is 0.481 e. The topological polar surface area (TPSA) is 145 Å². The lowest BCUT2D eigenvalue weighted by molar-refractivity contribution is -0.142. The first kappa shape index (κ1) is 23.5. The van der Waals surface area contributed by atoms with Crippen molar-refractivity contribution < 1.29 is 24.3 Å². The zero-order chi connectivity index (χ0) is 24.2. The van der Waals surface area contributed by atoms with Crippen molar-refractivity contribution in [2.75, 3.05) is 13.6 Å². The molecule has 0 radical (unpaired) electrons. The summed E-state index contributed by atoms with van der Waals surface area (Å²) < 4.78 is 0. The number of urea groups is 1. The fraction of sp³-hybridized carbons (Fsp3) is 0.261. The first-order valence-corrected chi connectivity index (χ1v) is 10.2. The predicted octanol–water partition coefficient (Wildman–Crippen LogP) is 1.42. The third-order valence-corrected chi connectivity index (χ3v) is 5.69. The van der Waals surface area contributed by atoms with Crippen LogP contribution in [-0.4, -0.2) is 58.5 Å². The van der Waals surface area contributed by atoms with Crippen LogP contribution in [0.4, 0.5) is 4.79 Å². The molecule has 2 unspecified atom stereocenters. The Labute approximate surface area is 190 Å². The van der Waals surface area contributed by atoms with Gasteiger partial charge in [0, 0.05) is 7.05 Å². The smallest absolute Gasteiger partial charge is 0.325 e. The highest BCUT2D eigenvalue weighted by Gasteiger charge is 2.49. The molecule has 10 nitrogen and oxygen atoms in total. The zero-order valence-electron chi connectivity index (χ0n) is 18.3. The van der Waals surface area contributed by atoms with Crippen molar-refractivity contribution >= 4 is 30.0 Å². The second kappa shape index (κ2) is 9.51. The third-order valence-electron chi connectivity index (χ3n) is 5.69. The van der Waals surface area contributed by atoms with E-state index >= 15 is 0 Å². The number of hydrogen-bond acceptors (Lipinski definition) is 6. The predicted molar refractivity (Wildman–Crippen MR) is 120 cm³/mol. The van der Waals surface area contributed by atoms with Crippen LogP contribution < -0.4 is 11.2 Å². The molecule has 4 amide bonds. The summed E-state index contributed by atoms with van der Waals surface area (Å²) in [5.74, 6) is 2.93. The number of rotatable bonds is 8. The van der Waals surface area contributed by atoms with E-state index in [4.69, 9.17) is 5.84 Å². The molecule has 1 saturated heterocycles. The van der Waals surface area contributed by atoms with Crippen molar-refractivity contribution in [3.63, 3.8) is 0 Å². The van der Waals surface area contributed by atoms with E-state index in [-0.39, 0.29) is 6.42 Å². The normalized spacial score (nSPS) is 18.9. The number of aliphatic carboxylic acids is 1. The van der Waals surface area contributed by atoms with Crippen LogP contribution >= 0.6 is 0 Å². The van der Waals surface area contributed by atoms with Crippen LogP contribution in [0.1, 0.15) is 36.1 Å². The molecule has 0 aromatic heterocycles. The lowest BCUT2D eigenvalue weighted by atomic mass is 9.91. The fourth-order valence-corrected chi connectivity index (χ4v) is 3.76. The molecule has 0 saturated carbocycles. The molecule has 2 aromatic rings. The van der Waals surface area contributed by atoms with Gasteiger partial charge < -0.3 is 21.2 Å². The van der Waals surface area contributed by atoms with Crippen molar-refractivity contribution in [3.8, 4) is 0 Å². The summed E-state index contributed by atoms with van der Waals surface area (Å²) in [5.41, 5.74) is 0.541. The van der Waals surface area contributed by atoms with Crippen molar-refractivity contribution in [1.82, 2.24) is 15.1 Å². The minimum absolute atomic E-state index is 0.317. The molecule has 0 bridgehead atoms. The number of carboxylic acids is 1. The molecule has 2 atom stereocenters. The summed E-state index contributed by atoms with van der Waals surface area (Å²) >= 11 is 0. The van der Waals surface area contributed by atoms with Crippen LogP contribution in [0.15, 0.2) is 59.7 Å². The van der Waals surface area contributed by atoms with E-state index in [1.165, 1.54) is 18.2 Å². The number of carbonyl (C=O) groups is 4. The number of nitrogens with one attached hydrogen (secondary N) is 1. The second-order valence-electron chi connectivity index (χ2n) is 7.88. The minimum Gasteiger partial charge on any atom is -0.481 e. The van der Waals surface area contributed by atoms with Crippen LogP contribution in [0, 0.1) is 0 Å². The van der Waals surface area contributed by atoms with Crippen LogP contribution in [0.25, 0.3) is 0 Å². The van der Waals surface area contributed by atoms with Gasteiger partial charge in [0.05, 0.1) is 18.7 Å². The molecule has 0 spiro atoms. The number of hydrazone groups is 1. The zero-order valence-corrected chi connectivity index (χ0v) is 18.3.